The summed E-state index contributed by atoms with van der Waals surface area (Å²) in [5.41, 5.74) is 7.85. The van der Waals surface area contributed by atoms with Gasteiger partial charge in [0.2, 0.25) is 11.9 Å². The first-order valence-corrected chi connectivity index (χ1v) is 15.6. The second-order valence-electron chi connectivity index (χ2n) is 13.1. The Morgan fingerprint density at radius 3 is 1.84 bits per heavy atom. The normalized spacial score (nSPS) is 21.2. The lowest BCUT2D eigenvalue weighted by Gasteiger charge is -2.36. The molecular formula is C31H43F6N7O5. The van der Waals surface area contributed by atoms with Crippen LogP contribution in [0.2, 0.25) is 0 Å². The summed E-state index contributed by atoms with van der Waals surface area (Å²) in [7, 11) is 0. The number of amides is 1. The Kier molecular flexibility index (Phi) is 14.0. The maximum absolute atomic E-state index is 13.1. The van der Waals surface area contributed by atoms with Crippen molar-refractivity contribution in [2.24, 2.45) is 23.0 Å². The van der Waals surface area contributed by atoms with Gasteiger partial charge in [-0.3, -0.25) is 15.5 Å². The molecule has 2 aromatic rings. The van der Waals surface area contributed by atoms with Crippen molar-refractivity contribution < 1.29 is 50.9 Å². The Labute approximate surface area is 279 Å². The lowest BCUT2D eigenvalue weighted by atomic mass is 9.70. The molecule has 2 fully saturated rings. The Bertz CT molecular complexity index is 1450. The van der Waals surface area contributed by atoms with Crippen LogP contribution in [-0.2, 0) is 14.4 Å². The number of nitrogens with one attached hydrogen (secondary N) is 4. The highest BCUT2D eigenvalue weighted by molar-refractivity contribution is 5.95. The van der Waals surface area contributed by atoms with E-state index in [0.29, 0.717) is 17.7 Å². The first-order chi connectivity index (χ1) is 22.5. The highest BCUT2D eigenvalue weighted by Crippen LogP contribution is 2.40. The summed E-state index contributed by atoms with van der Waals surface area (Å²) < 4.78 is 63.5. The molecule has 2 unspecified atom stereocenters. The van der Waals surface area contributed by atoms with Crippen molar-refractivity contribution >= 4 is 46.5 Å². The molecule has 0 spiro atoms. The van der Waals surface area contributed by atoms with Gasteiger partial charge in [-0.25, -0.2) is 14.6 Å². The van der Waals surface area contributed by atoms with E-state index in [1.54, 1.807) is 0 Å². The predicted molar refractivity (Wildman–Crippen MR) is 170 cm³/mol. The molecule has 8 N–H and O–H groups in total. The summed E-state index contributed by atoms with van der Waals surface area (Å²) in [6.07, 6.45) is -2.07. The average molecular weight is 708 g/mol. The Balaban J connectivity index is 0.000000500. The van der Waals surface area contributed by atoms with Crippen molar-refractivity contribution in [2.45, 2.75) is 103 Å². The number of guanidine groups is 1. The summed E-state index contributed by atoms with van der Waals surface area (Å²) in [5, 5.41) is 32.6. The van der Waals surface area contributed by atoms with Crippen LogP contribution in [0.15, 0.2) is 18.2 Å². The molecular weight excluding hydrogens is 664 g/mol. The zero-order chi connectivity index (χ0) is 37.3. The number of aromatic nitrogens is 2. The highest BCUT2D eigenvalue weighted by atomic mass is 19.4. The Morgan fingerprint density at radius 2 is 1.37 bits per heavy atom. The van der Waals surface area contributed by atoms with Gasteiger partial charge in [0, 0.05) is 23.4 Å². The molecule has 274 valence electrons. The first kappa shape index (κ1) is 40.8. The fourth-order valence-electron chi connectivity index (χ4n) is 5.69. The number of carbonyl (C=O) groups excluding carboxylic acids is 1. The van der Waals surface area contributed by atoms with E-state index in [1.807, 2.05) is 19.1 Å². The zero-order valence-corrected chi connectivity index (χ0v) is 27.6. The number of rotatable bonds is 5. The number of carboxylic acids is 2. The third-order valence-electron chi connectivity index (χ3n) is 8.32. The summed E-state index contributed by atoms with van der Waals surface area (Å²) in [6.45, 7) is 8.92. The average Bonchev–Trinajstić information content (AvgIpc) is 2.97. The van der Waals surface area contributed by atoms with Gasteiger partial charge in [-0.2, -0.15) is 31.3 Å². The predicted octanol–water partition coefficient (Wildman–Crippen LogP) is 6.20. The van der Waals surface area contributed by atoms with Gasteiger partial charge in [0.15, 0.2) is 5.96 Å². The molecule has 2 aliphatic carbocycles. The molecule has 0 aliphatic heterocycles. The number of alkyl halides is 6. The van der Waals surface area contributed by atoms with Crippen LogP contribution in [0, 0.1) is 29.6 Å². The number of benzene rings is 1. The van der Waals surface area contributed by atoms with Crippen molar-refractivity contribution in [1.82, 2.24) is 15.3 Å². The van der Waals surface area contributed by atoms with Crippen LogP contribution in [0.25, 0.3) is 10.9 Å². The number of aliphatic carboxylic acids is 2. The van der Waals surface area contributed by atoms with E-state index in [-0.39, 0.29) is 35.3 Å². The Hall–Kier alpha value is -4.38. The molecule has 2 aliphatic rings. The fourth-order valence-corrected chi connectivity index (χ4v) is 5.69. The van der Waals surface area contributed by atoms with Crippen LogP contribution in [0.3, 0.4) is 0 Å². The molecule has 2 atom stereocenters. The van der Waals surface area contributed by atoms with Crippen LogP contribution in [0.4, 0.5) is 38.1 Å². The standard InChI is InChI=1S/C27H41N7O.2C2HF3O2/c1-16-9-14-20-19(15-16)23(30-21-7-5-6-8-22(21)31-25(28)29)33-26(32-20)34-24(35)17-10-12-18(13-11-17)27(2,3)4;2*3-2(4,5)1(6)7/h9,14-15,17-18,21-22H,5-8,10-13H2,1-4H3,(H4,28,29,31)(H2,30,32,33,34,35);2*(H,6,7). The molecule has 2 saturated carbocycles. The molecule has 12 nitrogen and oxygen atoms in total. The van der Waals surface area contributed by atoms with Gasteiger partial charge in [-0.15, -0.1) is 0 Å². The second-order valence-corrected chi connectivity index (χ2v) is 13.1. The number of carbonyl (C=O) groups is 3. The largest absolute Gasteiger partial charge is 0.490 e. The third-order valence-corrected chi connectivity index (χ3v) is 8.32. The van der Waals surface area contributed by atoms with Crippen molar-refractivity contribution in [2.75, 3.05) is 10.6 Å². The maximum Gasteiger partial charge on any atom is 0.490 e. The minimum atomic E-state index is -5.08. The van der Waals surface area contributed by atoms with Crippen LogP contribution < -0.4 is 21.7 Å². The fraction of sp³-hybridized carbons (Fsp3) is 0.613. The van der Waals surface area contributed by atoms with Crippen molar-refractivity contribution in [3.8, 4) is 0 Å². The summed E-state index contributed by atoms with van der Waals surface area (Å²) in [4.78, 5) is 40.4. The number of nitrogens with two attached hydrogens (primary N) is 1. The molecule has 0 radical (unpaired) electrons. The molecule has 1 amide bonds. The number of hydrogen-bond acceptors (Lipinski definition) is 7. The number of carboxylic acid groups (broad SMARTS) is 2. The third kappa shape index (κ3) is 13.2. The SMILES string of the molecule is Cc1ccc2nc(NC(=O)C3CCC(C(C)(C)C)CC3)nc(NC3CCCCC3NC(=N)N)c2c1.O=C(O)C(F)(F)F.O=C(O)C(F)(F)F. The Morgan fingerprint density at radius 1 is 0.857 bits per heavy atom. The molecule has 0 saturated heterocycles. The second kappa shape index (κ2) is 16.8. The van der Waals surface area contributed by atoms with Gasteiger partial charge in [0.1, 0.15) is 5.82 Å². The molecule has 1 aromatic carbocycles. The van der Waals surface area contributed by atoms with E-state index in [1.165, 1.54) is 0 Å². The molecule has 49 heavy (non-hydrogen) atoms. The number of nitrogens with zero attached hydrogens (tertiary/aromatic N) is 2. The lowest BCUT2D eigenvalue weighted by Crippen LogP contribution is -2.50. The van der Waals surface area contributed by atoms with Gasteiger partial charge in [0.25, 0.3) is 0 Å². The van der Waals surface area contributed by atoms with Gasteiger partial charge in [0.05, 0.1) is 5.52 Å². The van der Waals surface area contributed by atoms with Gasteiger partial charge < -0.3 is 26.6 Å². The number of hydrogen-bond donors (Lipinski definition) is 7. The molecule has 1 aromatic heterocycles. The van der Waals surface area contributed by atoms with Crippen molar-refractivity contribution in [3.05, 3.63) is 23.8 Å². The van der Waals surface area contributed by atoms with Crippen LogP contribution in [0.5, 0.6) is 0 Å². The van der Waals surface area contributed by atoms with Gasteiger partial charge >= 0.3 is 24.3 Å². The van der Waals surface area contributed by atoms with E-state index in [9.17, 15) is 31.1 Å². The monoisotopic (exact) mass is 707 g/mol. The number of anilines is 2. The molecule has 18 heteroatoms. The maximum atomic E-state index is 13.1. The van der Waals surface area contributed by atoms with E-state index >= 15 is 0 Å². The quantitative estimate of drug-likeness (QED) is 0.106. The smallest absolute Gasteiger partial charge is 0.475 e. The van der Waals surface area contributed by atoms with E-state index in [2.05, 4.69) is 47.8 Å². The summed E-state index contributed by atoms with van der Waals surface area (Å²) in [5.74, 6) is -3.78. The van der Waals surface area contributed by atoms with E-state index in [0.717, 1.165) is 67.8 Å². The summed E-state index contributed by atoms with van der Waals surface area (Å²) in [6, 6.07) is 6.23. The van der Waals surface area contributed by atoms with Crippen LogP contribution >= 0.6 is 0 Å². The summed E-state index contributed by atoms with van der Waals surface area (Å²) >= 11 is 0. The van der Waals surface area contributed by atoms with Crippen LogP contribution in [-0.4, -0.2) is 68.4 Å². The topological polar surface area (TPSA) is 203 Å². The molecule has 0 bridgehead atoms. The van der Waals surface area contributed by atoms with E-state index < -0.39 is 24.3 Å². The highest BCUT2D eigenvalue weighted by Gasteiger charge is 2.39. The minimum absolute atomic E-state index is 0.00446. The molecule has 1 heterocycles. The van der Waals surface area contributed by atoms with Gasteiger partial charge in [-0.1, -0.05) is 45.2 Å². The number of halogens is 6. The molecule has 4 rings (SSSR count). The lowest BCUT2D eigenvalue weighted by molar-refractivity contribution is -0.193. The van der Waals surface area contributed by atoms with Gasteiger partial charge in [-0.05, 0) is 68.9 Å². The van der Waals surface area contributed by atoms with E-state index in [4.69, 9.17) is 35.9 Å². The number of fused-ring (bicyclic) bond motifs is 1. The van der Waals surface area contributed by atoms with Crippen molar-refractivity contribution in [1.29, 1.82) is 5.41 Å². The minimum Gasteiger partial charge on any atom is -0.475 e. The first-order valence-electron chi connectivity index (χ1n) is 15.6. The van der Waals surface area contributed by atoms with Crippen molar-refractivity contribution in [3.63, 3.8) is 0 Å². The number of aryl methyl sites for hydroxylation is 1. The zero-order valence-electron chi connectivity index (χ0n) is 27.6. The van der Waals surface area contributed by atoms with Crippen LogP contribution in [0.1, 0.15) is 77.7 Å².